The quantitative estimate of drug-likeness (QED) is 0.872. The summed E-state index contributed by atoms with van der Waals surface area (Å²) >= 11 is 1.65. The molecule has 0 atom stereocenters. The van der Waals surface area contributed by atoms with E-state index in [9.17, 15) is 4.79 Å². The number of rotatable bonds is 3. The lowest BCUT2D eigenvalue weighted by atomic mass is 9.95. The van der Waals surface area contributed by atoms with Crippen LogP contribution in [0, 0.1) is 0 Å². The van der Waals surface area contributed by atoms with Gasteiger partial charge in [-0.15, -0.1) is 0 Å². The van der Waals surface area contributed by atoms with Crippen LogP contribution < -0.4 is 10.7 Å². The molecular weight excluding hydrogens is 282 g/mol. The third kappa shape index (κ3) is 3.64. The monoisotopic (exact) mass is 308 g/mol. The number of H-pyrrole nitrogens is 1. The van der Waals surface area contributed by atoms with Crippen molar-refractivity contribution in [1.29, 1.82) is 0 Å². The van der Waals surface area contributed by atoms with Crippen LogP contribution in [0.1, 0.15) is 72.8 Å². The molecule has 2 heterocycles. The molecule has 2 aliphatic rings. The largest absolute Gasteiger partial charge is 0.360 e. The standard InChI is InChI=1S/C16H25N3OS/c17-15(20)14-11-21-16(18-14)12-7-9-19(10-8-12)13-5-3-1-2-4-6-13/h11-13H,1-10H2,(H2,17,20)/p+1. The molecule has 1 aliphatic carbocycles. The van der Waals surface area contributed by atoms with Crippen molar-refractivity contribution in [3.8, 4) is 0 Å². The Kier molecular flexibility index (Phi) is 4.91. The van der Waals surface area contributed by atoms with E-state index >= 15 is 0 Å². The van der Waals surface area contributed by atoms with Gasteiger partial charge in [-0.05, 0) is 38.8 Å². The zero-order valence-electron chi connectivity index (χ0n) is 12.6. The van der Waals surface area contributed by atoms with E-state index in [1.54, 1.807) is 11.3 Å². The van der Waals surface area contributed by atoms with Gasteiger partial charge in [0.15, 0.2) is 0 Å². The van der Waals surface area contributed by atoms with E-state index < -0.39 is 0 Å². The minimum Gasteiger partial charge on any atom is -0.360 e. The Bertz CT molecular complexity index is 472. The molecule has 0 radical (unpaired) electrons. The fourth-order valence-corrected chi connectivity index (χ4v) is 4.80. The summed E-state index contributed by atoms with van der Waals surface area (Å²) in [6.07, 6.45) is 10.8. The van der Waals surface area contributed by atoms with Gasteiger partial charge in [0.2, 0.25) is 5.01 Å². The van der Waals surface area contributed by atoms with Gasteiger partial charge >= 0.3 is 5.91 Å². The number of aromatic amines is 1. The number of piperidine rings is 1. The summed E-state index contributed by atoms with van der Waals surface area (Å²) in [4.78, 5) is 17.1. The van der Waals surface area contributed by atoms with Crippen molar-refractivity contribution in [2.24, 2.45) is 5.73 Å². The van der Waals surface area contributed by atoms with Crippen molar-refractivity contribution in [3.05, 3.63) is 16.1 Å². The van der Waals surface area contributed by atoms with Crippen LogP contribution >= 0.6 is 11.3 Å². The molecule has 0 bridgehead atoms. The van der Waals surface area contributed by atoms with Gasteiger partial charge in [0.05, 0.1) is 11.3 Å². The fraction of sp³-hybridized carbons (Fsp3) is 0.750. The van der Waals surface area contributed by atoms with Crippen molar-refractivity contribution < 1.29 is 9.78 Å². The summed E-state index contributed by atoms with van der Waals surface area (Å²) in [5.74, 6) is 0.221. The Labute approximate surface area is 130 Å². The fourth-order valence-electron chi connectivity index (χ4n) is 3.78. The number of nitrogens with two attached hydrogens (primary N) is 1. The number of likely N-dealkylation sites (tertiary alicyclic amines) is 1. The van der Waals surface area contributed by atoms with Gasteiger partial charge in [-0.25, -0.2) is 0 Å². The van der Waals surface area contributed by atoms with Gasteiger partial charge in [-0.2, -0.15) is 4.98 Å². The van der Waals surface area contributed by atoms with E-state index in [2.05, 4.69) is 9.88 Å². The number of hydrogen-bond acceptors (Lipinski definition) is 3. The molecule has 1 saturated carbocycles. The molecule has 5 heteroatoms. The number of carbonyl (C=O) groups is 1. The Hall–Kier alpha value is -0.940. The maximum atomic E-state index is 11.2. The van der Waals surface area contributed by atoms with Crippen LogP contribution in [0.2, 0.25) is 0 Å². The first-order chi connectivity index (χ1) is 10.2. The molecule has 0 spiro atoms. The number of primary amides is 1. The van der Waals surface area contributed by atoms with Crippen LogP contribution in [0.15, 0.2) is 5.38 Å². The topological polar surface area (TPSA) is 60.5 Å². The smallest absolute Gasteiger partial charge is 0.314 e. The average Bonchev–Trinajstić information content (AvgIpc) is 2.84. The van der Waals surface area contributed by atoms with Gasteiger partial charge in [-0.3, -0.25) is 4.79 Å². The number of aromatic nitrogens is 1. The molecule has 0 aromatic carbocycles. The molecule has 0 unspecified atom stereocenters. The van der Waals surface area contributed by atoms with Crippen LogP contribution in [-0.2, 0) is 0 Å². The van der Waals surface area contributed by atoms with Crippen LogP contribution in [-0.4, -0.2) is 29.9 Å². The maximum Gasteiger partial charge on any atom is 0.314 e. The van der Waals surface area contributed by atoms with E-state index in [4.69, 9.17) is 5.73 Å². The minimum absolute atomic E-state index is 0.353. The Morgan fingerprint density at radius 2 is 1.81 bits per heavy atom. The average molecular weight is 308 g/mol. The Balaban J connectivity index is 1.55. The number of nitrogens with one attached hydrogen (secondary N) is 1. The molecule has 3 rings (SSSR count). The number of hydrogen-bond donors (Lipinski definition) is 1. The normalized spacial score (nSPS) is 23.0. The summed E-state index contributed by atoms with van der Waals surface area (Å²) in [7, 11) is 0. The molecular formula is C16H26N3OS+. The molecule has 116 valence electrons. The molecule has 4 nitrogen and oxygen atoms in total. The molecule has 1 amide bonds. The van der Waals surface area contributed by atoms with E-state index in [0.717, 1.165) is 6.04 Å². The summed E-state index contributed by atoms with van der Waals surface area (Å²) < 4.78 is 0. The first kappa shape index (κ1) is 15.0. The highest BCUT2D eigenvalue weighted by Crippen LogP contribution is 2.31. The first-order valence-corrected chi connectivity index (χ1v) is 9.16. The zero-order valence-corrected chi connectivity index (χ0v) is 13.5. The Morgan fingerprint density at radius 1 is 1.14 bits per heavy atom. The van der Waals surface area contributed by atoms with Crippen LogP contribution in [0.25, 0.3) is 0 Å². The van der Waals surface area contributed by atoms with Gasteiger partial charge < -0.3 is 10.6 Å². The van der Waals surface area contributed by atoms with Crippen LogP contribution in [0.4, 0.5) is 0 Å². The van der Waals surface area contributed by atoms with Crippen LogP contribution in [0.5, 0.6) is 0 Å². The van der Waals surface area contributed by atoms with E-state index in [1.165, 1.54) is 69.5 Å². The van der Waals surface area contributed by atoms with E-state index in [0.29, 0.717) is 11.6 Å². The second kappa shape index (κ2) is 6.88. The number of nitrogens with zero attached hydrogens (tertiary/aromatic N) is 1. The summed E-state index contributed by atoms with van der Waals surface area (Å²) in [6.45, 7) is 2.40. The molecule has 21 heavy (non-hydrogen) atoms. The van der Waals surface area contributed by atoms with Gasteiger partial charge in [-0.1, -0.05) is 37.0 Å². The summed E-state index contributed by atoms with van der Waals surface area (Å²) in [5.41, 5.74) is 5.88. The van der Waals surface area contributed by atoms with E-state index in [-0.39, 0.29) is 5.91 Å². The number of amides is 1. The SMILES string of the molecule is NC(=O)c1csc(C2CCN(C3CCCCCC3)CC2)[nH+]1. The highest BCUT2D eigenvalue weighted by atomic mass is 32.1. The van der Waals surface area contributed by atoms with Crippen molar-refractivity contribution >= 4 is 17.2 Å². The second-order valence-corrected chi connectivity index (χ2v) is 7.37. The molecule has 1 aliphatic heterocycles. The number of carbonyl (C=O) groups excluding carboxylic acids is 1. The Morgan fingerprint density at radius 3 is 2.38 bits per heavy atom. The number of thiazole rings is 1. The second-order valence-electron chi connectivity index (χ2n) is 6.46. The maximum absolute atomic E-state index is 11.2. The van der Waals surface area contributed by atoms with Gasteiger partial charge in [0.25, 0.3) is 5.69 Å². The molecule has 2 fully saturated rings. The lowest BCUT2D eigenvalue weighted by Gasteiger charge is -2.36. The van der Waals surface area contributed by atoms with Crippen molar-refractivity contribution in [2.45, 2.75) is 63.3 Å². The molecule has 1 saturated heterocycles. The molecule has 1 aromatic heterocycles. The highest BCUT2D eigenvalue weighted by molar-refractivity contribution is 7.09. The predicted molar refractivity (Wildman–Crippen MR) is 84.4 cm³/mol. The highest BCUT2D eigenvalue weighted by Gasteiger charge is 2.30. The first-order valence-electron chi connectivity index (χ1n) is 8.28. The van der Waals surface area contributed by atoms with Crippen molar-refractivity contribution in [2.75, 3.05) is 13.1 Å². The van der Waals surface area contributed by atoms with Crippen molar-refractivity contribution in [1.82, 2.24) is 4.90 Å². The lowest BCUT2D eigenvalue weighted by Crippen LogP contribution is -2.41. The van der Waals surface area contributed by atoms with Crippen LogP contribution in [0.3, 0.4) is 0 Å². The molecule has 3 N–H and O–H groups in total. The third-order valence-electron chi connectivity index (χ3n) is 5.07. The van der Waals surface area contributed by atoms with Gasteiger partial charge in [0.1, 0.15) is 0 Å². The van der Waals surface area contributed by atoms with E-state index in [1.807, 2.05) is 5.38 Å². The minimum atomic E-state index is -0.353. The summed E-state index contributed by atoms with van der Waals surface area (Å²) in [6, 6.07) is 0.821. The zero-order chi connectivity index (χ0) is 14.7. The van der Waals surface area contributed by atoms with Gasteiger partial charge in [0, 0.05) is 6.04 Å². The van der Waals surface area contributed by atoms with Crippen molar-refractivity contribution in [3.63, 3.8) is 0 Å². The molecule has 1 aromatic rings. The lowest BCUT2D eigenvalue weighted by molar-refractivity contribution is -0.389. The third-order valence-corrected chi connectivity index (χ3v) is 6.11. The predicted octanol–water partition coefficient (Wildman–Crippen LogP) is 2.56. The summed E-state index contributed by atoms with van der Waals surface area (Å²) in [5, 5.41) is 3.08.